The standard InChI is InChI=1S/C22H22FN5O4/c1-31-18-9-5-16(6-10-18)12-27-19(21(29)32-2)11-20(25-27)26-14-24-28(22(26)30)13-15-3-7-17(23)8-4-15/h3-11,14,21,29H,12-13H2,1-2H3. The first-order chi connectivity index (χ1) is 15.5. The van der Waals surface area contributed by atoms with Crippen LogP contribution in [0.5, 0.6) is 5.75 Å². The van der Waals surface area contributed by atoms with Crippen LogP contribution >= 0.6 is 0 Å². The third-order valence-electron chi connectivity index (χ3n) is 4.99. The first-order valence-electron chi connectivity index (χ1n) is 9.79. The second kappa shape index (κ2) is 9.16. The molecule has 2 aromatic heterocycles. The molecule has 0 spiro atoms. The van der Waals surface area contributed by atoms with E-state index >= 15 is 0 Å². The maximum Gasteiger partial charge on any atom is 0.351 e. The van der Waals surface area contributed by atoms with Gasteiger partial charge in [-0.2, -0.15) is 10.2 Å². The van der Waals surface area contributed by atoms with E-state index < -0.39 is 12.0 Å². The molecule has 10 heteroatoms. The minimum atomic E-state index is -1.22. The van der Waals surface area contributed by atoms with Crippen LogP contribution in [0.3, 0.4) is 0 Å². The van der Waals surface area contributed by atoms with Crippen molar-refractivity contribution in [1.82, 2.24) is 24.1 Å². The highest BCUT2D eigenvalue weighted by molar-refractivity contribution is 5.29. The first kappa shape index (κ1) is 21.5. The van der Waals surface area contributed by atoms with Gasteiger partial charge in [0.25, 0.3) is 0 Å². The van der Waals surface area contributed by atoms with E-state index in [2.05, 4.69) is 10.2 Å². The Morgan fingerprint density at radius 3 is 2.25 bits per heavy atom. The van der Waals surface area contributed by atoms with Crippen molar-refractivity contribution in [3.05, 3.63) is 94.0 Å². The van der Waals surface area contributed by atoms with Crippen molar-refractivity contribution in [2.24, 2.45) is 0 Å². The number of benzene rings is 2. The summed E-state index contributed by atoms with van der Waals surface area (Å²) in [5, 5.41) is 18.9. The van der Waals surface area contributed by atoms with Gasteiger partial charge in [0.2, 0.25) is 0 Å². The van der Waals surface area contributed by atoms with Crippen molar-refractivity contribution >= 4 is 0 Å². The molecule has 1 N–H and O–H groups in total. The summed E-state index contributed by atoms with van der Waals surface area (Å²) in [5.74, 6) is 0.672. The number of nitrogens with zero attached hydrogens (tertiary/aromatic N) is 5. The Bertz CT molecular complexity index is 1240. The number of halogens is 1. The van der Waals surface area contributed by atoms with E-state index in [0.717, 1.165) is 16.9 Å². The molecule has 9 nitrogen and oxygen atoms in total. The SMILES string of the molecule is COc1ccc(Cn2nc(-n3cnn(Cc4ccc(F)cc4)c3=O)cc2C(O)OC)cc1. The lowest BCUT2D eigenvalue weighted by molar-refractivity contribution is -0.0824. The van der Waals surface area contributed by atoms with Crippen LogP contribution in [0.15, 0.2) is 65.7 Å². The molecule has 0 aliphatic carbocycles. The molecule has 0 bridgehead atoms. The molecule has 4 aromatic rings. The number of rotatable bonds is 8. The number of aliphatic hydroxyl groups excluding tert-OH is 1. The van der Waals surface area contributed by atoms with Crippen molar-refractivity contribution in [2.45, 2.75) is 19.4 Å². The van der Waals surface area contributed by atoms with Gasteiger partial charge in [-0.1, -0.05) is 24.3 Å². The van der Waals surface area contributed by atoms with Gasteiger partial charge in [-0.3, -0.25) is 4.68 Å². The van der Waals surface area contributed by atoms with Crippen LogP contribution in [0.4, 0.5) is 4.39 Å². The fourth-order valence-corrected chi connectivity index (χ4v) is 3.25. The summed E-state index contributed by atoms with van der Waals surface area (Å²) in [5.41, 5.74) is 1.63. The van der Waals surface area contributed by atoms with Gasteiger partial charge in [0, 0.05) is 13.2 Å². The number of ether oxygens (including phenoxy) is 2. The van der Waals surface area contributed by atoms with Crippen molar-refractivity contribution < 1.29 is 19.0 Å². The van der Waals surface area contributed by atoms with Crippen LogP contribution in [0.25, 0.3) is 5.82 Å². The van der Waals surface area contributed by atoms with Gasteiger partial charge in [0.1, 0.15) is 17.9 Å². The van der Waals surface area contributed by atoms with E-state index in [4.69, 9.17) is 9.47 Å². The van der Waals surface area contributed by atoms with E-state index in [-0.39, 0.29) is 12.4 Å². The van der Waals surface area contributed by atoms with E-state index in [1.807, 2.05) is 24.3 Å². The van der Waals surface area contributed by atoms with Crippen molar-refractivity contribution in [1.29, 1.82) is 0 Å². The lowest BCUT2D eigenvalue weighted by Gasteiger charge is -2.11. The Hall–Kier alpha value is -3.76. The summed E-state index contributed by atoms with van der Waals surface area (Å²) in [6, 6.07) is 14.9. The molecule has 166 valence electrons. The highest BCUT2D eigenvalue weighted by Crippen LogP contribution is 2.19. The third kappa shape index (κ3) is 4.46. The van der Waals surface area contributed by atoms with E-state index in [0.29, 0.717) is 18.1 Å². The zero-order valence-corrected chi connectivity index (χ0v) is 17.6. The molecule has 0 aliphatic rings. The minimum Gasteiger partial charge on any atom is -0.497 e. The number of hydrogen-bond donors (Lipinski definition) is 1. The summed E-state index contributed by atoms with van der Waals surface area (Å²) in [6.07, 6.45) is 0.133. The van der Waals surface area contributed by atoms with Gasteiger partial charge in [-0.05, 0) is 35.4 Å². The average Bonchev–Trinajstić information content (AvgIpc) is 3.38. The van der Waals surface area contributed by atoms with Gasteiger partial charge >= 0.3 is 5.69 Å². The Morgan fingerprint density at radius 2 is 1.62 bits per heavy atom. The monoisotopic (exact) mass is 439 g/mol. The lowest BCUT2D eigenvalue weighted by atomic mass is 10.2. The predicted octanol–water partition coefficient (Wildman–Crippen LogP) is 2.11. The molecule has 0 saturated carbocycles. The van der Waals surface area contributed by atoms with Crippen LogP contribution in [0.1, 0.15) is 23.1 Å². The lowest BCUT2D eigenvalue weighted by Crippen LogP contribution is -2.24. The van der Waals surface area contributed by atoms with Crippen LogP contribution in [-0.2, 0) is 17.8 Å². The van der Waals surface area contributed by atoms with Crippen molar-refractivity contribution in [3.8, 4) is 11.6 Å². The largest absolute Gasteiger partial charge is 0.497 e. The zero-order chi connectivity index (χ0) is 22.7. The smallest absolute Gasteiger partial charge is 0.351 e. The quantitative estimate of drug-likeness (QED) is 0.423. The fraction of sp³-hybridized carbons (Fsp3) is 0.227. The second-order valence-corrected chi connectivity index (χ2v) is 7.09. The van der Waals surface area contributed by atoms with Crippen LogP contribution in [-0.4, -0.2) is 43.5 Å². The molecule has 1 atom stereocenters. The van der Waals surface area contributed by atoms with E-state index in [1.165, 1.54) is 34.8 Å². The highest BCUT2D eigenvalue weighted by atomic mass is 19.1. The molecule has 2 aromatic carbocycles. The molecule has 0 saturated heterocycles. The normalized spacial score (nSPS) is 12.1. The summed E-state index contributed by atoms with van der Waals surface area (Å²) >= 11 is 0. The molecule has 4 rings (SSSR count). The summed E-state index contributed by atoms with van der Waals surface area (Å²) in [4.78, 5) is 12.9. The Balaban J connectivity index is 1.64. The minimum absolute atomic E-state index is 0.187. The van der Waals surface area contributed by atoms with Gasteiger partial charge in [-0.25, -0.2) is 18.4 Å². The third-order valence-corrected chi connectivity index (χ3v) is 4.99. The Labute approximate surface area is 182 Å². The molecule has 0 fully saturated rings. The van der Waals surface area contributed by atoms with Gasteiger partial charge < -0.3 is 14.6 Å². The number of aliphatic hydroxyl groups is 1. The fourth-order valence-electron chi connectivity index (χ4n) is 3.25. The van der Waals surface area contributed by atoms with Crippen molar-refractivity contribution in [2.75, 3.05) is 14.2 Å². The van der Waals surface area contributed by atoms with Crippen LogP contribution < -0.4 is 10.4 Å². The summed E-state index contributed by atoms with van der Waals surface area (Å²) in [6.45, 7) is 0.532. The van der Waals surface area contributed by atoms with Crippen LogP contribution in [0.2, 0.25) is 0 Å². The Kier molecular flexibility index (Phi) is 6.15. The molecule has 32 heavy (non-hydrogen) atoms. The number of methoxy groups -OCH3 is 2. The van der Waals surface area contributed by atoms with E-state index in [9.17, 15) is 14.3 Å². The second-order valence-electron chi connectivity index (χ2n) is 7.09. The Morgan fingerprint density at radius 1 is 1.00 bits per heavy atom. The molecule has 2 heterocycles. The molecule has 0 amide bonds. The summed E-state index contributed by atoms with van der Waals surface area (Å²) in [7, 11) is 2.97. The molecular weight excluding hydrogens is 417 g/mol. The molecule has 1 unspecified atom stereocenters. The maximum absolute atomic E-state index is 13.1. The maximum atomic E-state index is 13.1. The average molecular weight is 439 g/mol. The van der Waals surface area contributed by atoms with Crippen molar-refractivity contribution in [3.63, 3.8) is 0 Å². The number of hydrogen-bond acceptors (Lipinski definition) is 6. The van der Waals surface area contributed by atoms with Crippen LogP contribution in [0, 0.1) is 5.82 Å². The topological polar surface area (TPSA) is 96.3 Å². The first-order valence-corrected chi connectivity index (χ1v) is 9.79. The zero-order valence-electron chi connectivity index (χ0n) is 17.6. The summed E-state index contributed by atoms with van der Waals surface area (Å²) < 4.78 is 27.5. The van der Waals surface area contributed by atoms with E-state index in [1.54, 1.807) is 30.0 Å². The molecule has 0 radical (unpaired) electrons. The highest BCUT2D eigenvalue weighted by Gasteiger charge is 2.19. The van der Waals surface area contributed by atoms with Gasteiger partial charge in [0.05, 0.1) is 25.9 Å². The number of aromatic nitrogens is 5. The predicted molar refractivity (Wildman–Crippen MR) is 113 cm³/mol. The van der Waals surface area contributed by atoms with Gasteiger partial charge in [-0.15, -0.1) is 0 Å². The van der Waals surface area contributed by atoms with Gasteiger partial charge in [0.15, 0.2) is 12.1 Å². The molecule has 0 aliphatic heterocycles. The molecular formula is C22H22FN5O4.